The molecule has 0 saturated carbocycles. The van der Waals surface area contributed by atoms with Gasteiger partial charge in [-0.3, -0.25) is 4.79 Å². The van der Waals surface area contributed by atoms with E-state index in [4.69, 9.17) is 0 Å². The molecular weight excluding hydrogens is 350 g/mol. The first-order chi connectivity index (χ1) is 13.1. The zero-order valence-electron chi connectivity index (χ0n) is 14.5. The molecule has 2 aromatic carbocycles. The Hall–Kier alpha value is -3.35. The van der Waals surface area contributed by atoms with Gasteiger partial charge in [0.25, 0.3) is 5.91 Å². The van der Waals surface area contributed by atoms with E-state index in [1.807, 2.05) is 0 Å². The third kappa shape index (κ3) is 5.57. The normalized spacial score (nSPS) is 10.4. The van der Waals surface area contributed by atoms with E-state index in [9.17, 15) is 13.6 Å². The number of hydrogen-bond donors (Lipinski definition) is 2. The van der Waals surface area contributed by atoms with Crippen molar-refractivity contribution >= 4 is 11.9 Å². The second-order valence-electron chi connectivity index (χ2n) is 5.88. The van der Waals surface area contributed by atoms with Gasteiger partial charge in [0.05, 0.1) is 0 Å². The third-order valence-corrected chi connectivity index (χ3v) is 3.86. The quantitative estimate of drug-likeness (QED) is 0.671. The summed E-state index contributed by atoms with van der Waals surface area (Å²) in [4.78, 5) is 20.5. The molecule has 5 nitrogen and oxygen atoms in total. The molecule has 0 aliphatic rings. The van der Waals surface area contributed by atoms with Crippen molar-refractivity contribution in [2.45, 2.75) is 13.0 Å². The molecule has 2 N–H and O–H groups in total. The number of rotatable bonds is 7. The van der Waals surface area contributed by atoms with Gasteiger partial charge < -0.3 is 10.6 Å². The first-order valence-corrected chi connectivity index (χ1v) is 8.44. The Balaban J connectivity index is 1.51. The Morgan fingerprint density at radius 1 is 0.889 bits per heavy atom. The smallest absolute Gasteiger partial charge is 0.270 e. The minimum Gasteiger partial charge on any atom is -0.350 e. The second kappa shape index (κ2) is 8.84. The Morgan fingerprint density at radius 3 is 2.19 bits per heavy atom. The van der Waals surface area contributed by atoms with E-state index >= 15 is 0 Å². The summed E-state index contributed by atoms with van der Waals surface area (Å²) >= 11 is 0. The fraction of sp³-hybridized carbons (Fsp3) is 0.150. The highest BCUT2D eigenvalue weighted by molar-refractivity contribution is 5.92. The minimum atomic E-state index is -0.315. The Morgan fingerprint density at radius 2 is 1.52 bits per heavy atom. The van der Waals surface area contributed by atoms with Crippen LogP contribution in [0.4, 0.5) is 14.7 Å². The van der Waals surface area contributed by atoms with Crippen LogP contribution in [0.2, 0.25) is 0 Å². The standard InChI is InChI=1S/C20H18F2N4O/c21-16-5-1-14(2-6-16)9-11-23-19(27)18-10-12-24-20(26-18)25-13-15-3-7-17(22)8-4-15/h1-8,10,12H,9,11,13H2,(H,23,27)(H,24,25,26). The molecule has 0 aliphatic heterocycles. The van der Waals surface area contributed by atoms with Gasteiger partial charge in [-0.05, 0) is 47.9 Å². The van der Waals surface area contributed by atoms with Gasteiger partial charge in [-0.25, -0.2) is 18.7 Å². The maximum Gasteiger partial charge on any atom is 0.270 e. The third-order valence-electron chi connectivity index (χ3n) is 3.86. The molecule has 3 rings (SSSR count). The number of halogens is 2. The summed E-state index contributed by atoms with van der Waals surface area (Å²) in [5, 5.41) is 5.78. The monoisotopic (exact) mass is 368 g/mol. The predicted octanol–water partition coefficient (Wildman–Crippen LogP) is 3.34. The molecule has 0 fully saturated rings. The van der Waals surface area contributed by atoms with E-state index < -0.39 is 0 Å². The van der Waals surface area contributed by atoms with Gasteiger partial charge in [-0.2, -0.15) is 0 Å². The van der Waals surface area contributed by atoms with Gasteiger partial charge in [0, 0.05) is 19.3 Å². The Labute approximate surface area is 155 Å². The highest BCUT2D eigenvalue weighted by Crippen LogP contribution is 2.07. The molecule has 1 aromatic heterocycles. The second-order valence-corrected chi connectivity index (χ2v) is 5.88. The van der Waals surface area contributed by atoms with E-state index in [0.717, 1.165) is 11.1 Å². The predicted molar refractivity (Wildman–Crippen MR) is 98.2 cm³/mol. The lowest BCUT2D eigenvalue weighted by atomic mass is 10.1. The molecule has 7 heteroatoms. The molecule has 1 heterocycles. The van der Waals surface area contributed by atoms with E-state index in [0.29, 0.717) is 25.5 Å². The average molecular weight is 368 g/mol. The maximum atomic E-state index is 12.9. The summed E-state index contributed by atoms with van der Waals surface area (Å²) in [6.45, 7) is 0.822. The number of anilines is 1. The first-order valence-electron chi connectivity index (χ1n) is 8.44. The zero-order valence-corrected chi connectivity index (χ0v) is 14.5. The molecule has 0 atom stereocenters. The molecule has 0 bridgehead atoms. The summed E-state index contributed by atoms with van der Waals surface area (Å²) in [6.07, 6.45) is 2.08. The van der Waals surface area contributed by atoms with Crippen molar-refractivity contribution in [2.75, 3.05) is 11.9 Å². The highest BCUT2D eigenvalue weighted by atomic mass is 19.1. The van der Waals surface area contributed by atoms with Gasteiger partial charge in [-0.15, -0.1) is 0 Å². The molecular formula is C20H18F2N4O. The SMILES string of the molecule is O=C(NCCc1ccc(F)cc1)c1ccnc(NCc2ccc(F)cc2)n1. The lowest BCUT2D eigenvalue weighted by Gasteiger charge is -2.08. The Bertz CT molecular complexity index is 899. The number of nitrogens with one attached hydrogen (secondary N) is 2. The molecule has 27 heavy (non-hydrogen) atoms. The topological polar surface area (TPSA) is 66.9 Å². The lowest BCUT2D eigenvalue weighted by Crippen LogP contribution is -2.26. The van der Waals surface area contributed by atoms with E-state index in [-0.39, 0.29) is 23.2 Å². The molecule has 0 saturated heterocycles. The maximum absolute atomic E-state index is 12.9. The van der Waals surface area contributed by atoms with Crippen LogP contribution in [-0.4, -0.2) is 22.4 Å². The van der Waals surface area contributed by atoms with Crippen molar-refractivity contribution in [1.82, 2.24) is 15.3 Å². The first kappa shape index (κ1) is 18.4. The summed E-state index contributed by atoms with van der Waals surface area (Å²) in [5.41, 5.74) is 2.04. The fourth-order valence-corrected chi connectivity index (χ4v) is 2.42. The summed E-state index contributed by atoms with van der Waals surface area (Å²) in [6, 6.07) is 13.7. The number of hydrogen-bond acceptors (Lipinski definition) is 4. The highest BCUT2D eigenvalue weighted by Gasteiger charge is 2.08. The van der Waals surface area contributed by atoms with Gasteiger partial charge in [0.2, 0.25) is 5.95 Å². The molecule has 0 radical (unpaired) electrons. The number of carbonyl (C=O) groups excluding carboxylic acids is 1. The van der Waals surface area contributed by atoms with Crippen LogP contribution >= 0.6 is 0 Å². The number of nitrogens with zero attached hydrogens (tertiary/aromatic N) is 2. The van der Waals surface area contributed by atoms with Crippen molar-refractivity contribution in [1.29, 1.82) is 0 Å². The molecule has 0 aliphatic carbocycles. The van der Waals surface area contributed by atoms with Crippen molar-refractivity contribution in [3.8, 4) is 0 Å². The molecule has 3 aromatic rings. The molecule has 0 unspecified atom stereocenters. The number of amides is 1. The van der Waals surface area contributed by atoms with Crippen LogP contribution < -0.4 is 10.6 Å². The molecule has 1 amide bonds. The largest absolute Gasteiger partial charge is 0.350 e. The van der Waals surface area contributed by atoms with Gasteiger partial charge in [-0.1, -0.05) is 24.3 Å². The number of benzene rings is 2. The van der Waals surface area contributed by atoms with Crippen LogP contribution in [0.25, 0.3) is 0 Å². The fourth-order valence-electron chi connectivity index (χ4n) is 2.42. The van der Waals surface area contributed by atoms with Crippen molar-refractivity contribution in [3.63, 3.8) is 0 Å². The average Bonchev–Trinajstić information content (AvgIpc) is 2.69. The van der Waals surface area contributed by atoms with Crippen LogP contribution in [0.15, 0.2) is 60.8 Å². The lowest BCUT2D eigenvalue weighted by molar-refractivity contribution is 0.0949. The minimum absolute atomic E-state index is 0.241. The summed E-state index contributed by atoms with van der Waals surface area (Å²) < 4.78 is 25.8. The van der Waals surface area contributed by atoms with Crippen molar-refractivity contribution in [2.24, 2.45) is 0 Å². The van der Waals surface area contributed by atoms with E-state index in [1.165, 1.54) is 36.5 Å². The van der Waals surface area contributed by atoms with Crippen molar-refractivity contribution in [3.05, 3.63) is 89.2 Å². The number of carbonyl (C=O) groups is 1. The van der Waals surface area contributed by atoms with E-state index in [1.54, 1.807) is 24.3 Å². The van der Waals surface area contributed by atoms with Crippen LogP contribution in [-0.2, 0) is 13.0 Å². The van der Waals surface area contributed by atoms with Crippen LogP contribution in [0.3, 0.4) is 0 Å². The molecule has 0 spiro atoms. The van der Waals surface area contributed by atoms with Crippen LogP contribution in [0.5, 0.6) is 0 Å². The summed E-state index contributed by atoms with van der Waals surface area (Å²) in [7, 11) is 0. The van der Waals surface area contributed by atoms with Gasteiger partial charge in [0.15, 0.2) is 0 Å². The van der Waals surface area contributed by atoms with E-state index in [2.05, 4.69) is 20.6 Å². The Kier molecular flexibility index (Phi) is 6.04. The van der Waals surface area contributed by atoms with Crippen LogP contribution in [0.1, 0.15) is 21.6 Å². The van der Waals surface area contributed by atoms with Crippen molar-refractivity contribution < 1.29 is 13.6 Å². The van der Waals surface area contributed by atoms with Crippen LogP contribution in [0, 0.1) is 11.6 Å². The number of aromatic nitrogens is 2. The van der Waals surface area contributed by atoms with Gasteiger partial charge >= 0.3 is 0 Å². The molecule has 138 valence electrons. The van der Waals surface area contributed by atoms with Gasteiger partial charge in [0.1, 0.15) is 17.3 Å². The summed E-state index contributed by atoms with van der Waals surface area (Å²) in [5.74, 6) is -0.589. The zero-order chi connectivity index (χ0) is 19.1.